The molecule has 2 rings (SSSR count). The van der Waals surface area contributed by atoms with Gasteiger partial charge in [-0.05, 0) is 19.3 Å². The molecule has 0 unspecified atom stereocenters. The second-order valence-corrected chi connectivity index (χ2v) is 3.99. The average Bonchev–Trinajstić information content (AvgIpc) is 2.72. The molecule has 1 heterocycles. The van der Waals surface area contributed by atoms with Crippen LogP contribution in [0.2, 0.25) is 0 Å². The summed E-state index contributed by atoms with van der Waals surface area (Å²) in [5.74, 6) is 0.699. The molecule has 1 aliphatic carbocycles. The summed E-state index contributed by atoms with van der Waals surface area (Å²) in [6.45, 7) is 1.45. The van der Waals surface area contributed by atoms with Crippen molar-refractivity contribution in [2.45, 2.75) is 38.2 Å². The van der Waals surface area contributed by atoms with Crippen molar-refractivity contribution >= 4 is 11.8 Å². The third-order valence-corrected chi connectivity index (χ3v) is 2.77. The van der Waals surface area contributed by atoms with Crippen molar-refractivity contribution in [3.63, 3.8) is 0 Å². The van der Waals surface area contributed by atoms with E-state index in [9.17, 15) is 4.79 Å². The predicted octanol–water partition coefficient (Wildman–Crippen LogP) is 1.19. The number of carbonyl (C=O) groups is 1. The van der Waals surface area contributed by atoms with E-state index >= 15 is 0 Å². The molecule has 1 aromatic heterocycles. The van der Waals surface area contributed by atoms with Crippen molar-refractivity contribution in [1.82, 2.24) is 10.2 Å². The molecular formula is C10H15N3O2. The molecule has 0 radical (unpaired) electrons. The van der Waals surface area contributed by atoms with Gasteiger partial charge in [0, 0.05) is 24.6 Å². The minimum Gasteiger partial charge on any atom is -0.463 e. The van der Waals surface area contributed by atoms with Crippen molar-refractivity contribution in [3.8, 4) is 0 Å². The lowest BCUT2D eigenvalue weighted by molar-refractivity contribution is -0.145. The van der Waals surface area contributed by atoms with Gasteiger partial charge in [-0.25, -0.2) is 0 Å². The zero-order valence-electron chi connectivity index (χ0n) is 8.69. The maximum absolute atomic E-state index is 10.8. The van der Waals surface area contributed by atoms with Gasteiger partial charge in [-0.2, -0.15) is 5.10 Å². The molecule has 0 aliphatic heterocycles. The first kappa shape index (κ1) is 10.0. The van der Waals surface area contributed by atoms with Crippen LogP contribution in [0, 0.1) is 0 Å². The summed E-state index contributed by atoms with van der Waals surface area (Å²) in [6, 6.07) is 1.85. The molecule has 5 heteroatoms. The van der Waals surface area contributed by atoms with E-state index < -0.39 is 0 Å². The number of esters is 1. The van der Waals surface area contributed by atoms with Gasteiger partial charge in [-0.3, -0.25) is 9.89 Å². The van der Waals surface area contributed by atoms with Crippen molar-refractivity contribution in [3.05, 3.63) is 11.8 Å². The molecule has 15 heavy (non-hydrogen) atoms. The highest BCUT2D eigenvalue weighted by Crippen LogP contribution is 2.35. The molecule has 0 bridgehead atoms. The van der Waals surface area contributed by atoms with Crippen LogP contribution < -0.4 is 5.73 Å². The largest absolute Gasteiger partial charge is 0.463 e. The maximum Gasteiger partial charge on any atom is 0.302 e. The molecule has 0 spiro atoms. The van der Waals surface area contributed by atoms with E-state index in [1.54, 1.807) is 0 Å². The van der Waals surface area contributed by atoms with E-state index in [4.69, 9.17) is 10.5 Å². The lowest BCUT2D eigenvalue weighted by Gasteiger charge is -2.10. The van der Waals surface area contributed by atoms with Gasteiger partial charge in [0.15, 0.2) is 0 Å². The zero-order valence-corrected chi connectivity index (χ0v) is 8.69. The minimum atomic E-state index is -0.204. The Kier molecular flexibility index (Phi) is 2.62. The van der Waals surface area contributed by atoms with Crippen LogP contribution in [-0.2, 0) is 9.53 Å². The summed E-state index contributed by atoms with van der Waals surface area (Å²) in [5.41, 5.74) is 6.58. The second kappa shape index (κ2) is 3.92. The standard InChI is InChI=1S/C10H15N3O2/c1-6(14)15-8-3-2-7(4-8)9-5-10(11)13-12-9/h5,7-8H,2-4H2,1H3,(H3,11,12,13)/t7-,8+/m0/s1. The van der Waals surface area contributed by atoms with E-state index in [1.807, 2.05) is 6.07 Å². The van der Waals surface area contributed by atoms with Gasteiger partial charge in [-0.1, -0.05) is 0 Å². The van der Waals surface area contributed by atoms with Crippen molar-refractivity contribution in [1.29, 1.82) is 0 Å². The number of nitrogens with two attached hydrogens (primary N) is 1. The number of anilines is 1. The highest BCUT2D eigenvalue weighted by molar-refractivity contribution is 5.66. The highest BCUT2D eigenvalue weighted by Gasteiger charge is 2.28. The first-order valence-corrected chi connectivity index (χ1v) is 5.13. The van der Waals surface area contributed by atoms with Crippen LogP contribution in [0.3, 0.4) is 0 Å². The Hall–Kier alpha value is -1.52. The molecular weight excluding hydrogens is 194 g/mol. The van der Waals surface area contributed by atoms with E-state index in [0.29, 0.717) is 11.7 Å². The van der Waals surface area contributed by atoms with Gasteiger partial charge in [-0.15, -0.1) is 0 Å². The van der Waals surface area contributed by atoms with Crippen molar-refractivity contribution < 1.29 is 9.53 Å². The van der Waals surface area contributed by atoms with Gasteiger partial charge in [0.25, 0.3) is 0 Å². The summed E-state index contributed by atoms with van der Waals surface area (Å²) in [7, 11) is 0. The quantitative estimate of drug-likeness (QED) is 0.717. The van der Waals surface area contributed by atoms with Gasteiger partial charge in [0.2, 0.25) is 0 Å². The van der Waals surface area contributed by atoms with Crippen LogP contribution in [0.4, 0.5) is 5.82 Å². The smallest absolute Gasteiger partial charge is 0.302 e. The predicted molar refractivity (Wildman–Crippen MR) is 55.1 cm³/mol. The zero-order chi connectivity index (χ0) is 10.8. The number of aromatic nitrogens is 2. The molecule has 0 aromatic carbocycles. The summed E-state index contributed by atoms with van der Waals surface area (Å²) >= 11 is 0. The number of hydrogen-bond acceptors (Lipinski definition) is 4. The molecule has 0 amide bonds. The van der Waals surface area contributed by atoms with E-state index in [1.165, 1.54) is 6.92 Å². The number of ether oxygens (including phenoxy) is 1. The molecule has 82 valence electrons. The lowest BCUT2D eigenvalue weighted by atomic mass is 10.0. The van der Waals surface area contributed by atoms with Crippen LogP contribution in [0.1, 0.15) is 37.8 Å². The van der Waals surface area contributed by atoms with Crippen molar-refractivity contribution in [2.75, 3.05) is 5.73 Å². The molecule has 1 saturated carbocycles. The summed E-state index contributed by atoms with van der Waals surface area (Å²) in [4.78, 5) is 10.8. The molecule has 3 N–H and O–H groups in total. The van der Waals surface area contributed by atoms with Crippen molar-refractivity contribution in [2.24, 2.45) is 0 Å². The summed E-state index contributed by atoms with van der Waals surface area (Å²) in [6.07, 6.45) is 2.85. The van der Waals surface area contributed by atoms with Crippen LogP contribution in [0.5, 0.6) is 0 Å². The topological polar surface area (TPSA) is 81.0 Å². The monoisotopic (exact) mass is 209 g/mol. The number of rotatable bonds is 2. The first-order valence-electron chi connectivity index (χ1n) is 5.13. The fourth-order valence-corrected chi connectivity index (χ4v) is 2.13. The third kappa shape index (κ3) is 2.29. The fourth-order valence-electron chi connectivity index (χ4n) is 2.13. The SMILES string of the molecule is CC(=O)O[C@@H]1CC[C@H](c2cc(N)n[nH]2)C1. The Balaban J connectivity index is 1.95. The molecule has 1 aromatic rings. The molecule has 1 aliphatic rings. The van der Waals surface area contributed by atoms with Gasteiger partial charge < -0.3 is 10.5 Å². The number of nitrogens with zero attached hydrogens (tertiary/aromatic N) is 1. The normalized spacial score (nSPS) is 25.4. The van der Waals surface area contributed by atoms with E-state index in [0.717, 1.165) is 25.0 Å². The van der Waals surface area contributed by atoms with Gasteiger partial charge in [0.1, 0.15) is 11.9 Å². The minimum absolute atomic E-state index is 0.0528. The average molecular weight is 209 g/mol. The van der Waals surface area contributed by atoms with Gasteiger partial charge in [0.05, 0.1) is 0 Å². The Morgan fingerprint density at radius 3 is 3.07 bits per heavy atom. The Morgan fingerprint density at radius 2 is 2.47 bits per heavy atom. The molecule has 0 saturated heterocycles. The molecule has 2 atom stereocenters. The maximum atomic E-state index is 10.8. The highest BCUT2D eigenvalue weighted by atomic mass is 16.5. The number of nitrogens with one attached hydrogen (secondary N) is 1. The van der Waals surface area contributed by atoms with Crippen LogP contribution in [0.25, 0.3) is 0 Å². The van der Waals surface area contributed by atoms with E-state index in [2.05, 4.69) is 10.2 Å². The fraction of sp³-hybridized carbons (Fsp3) is 0.600. The first-order chi connectivity index (χ1) is 7.15. The second-order valence-electron chi connectivity index (χ2n) is 3.99. The number of nitrogen functional groups attached to an aromatic ring is 1. The number of H-pyrrole nitrogens is 1. The van der Waals surface area contributed by atoms with Crippen LogP contribution in [-0.4, -0.2) is 22.3 Å². The molecule has 5 nitrogen and oxygen atoms in total. The Labute approximate surface area is 88.0 Å². The number of hydrogen-bond donors (Lipinski definition) is 2. The van der Waals surface area contributed by atoms with E-state index in [-0.39, 0.29) is 12.1 Å². The van der Waals surface area contributed by atoms with Crippen LogP contribution in [0.15, 0.2) is 6.07 Å². The third-order valence-electron chi connectivity index (χ3n) is 2.77. The summed E-state index contributed by atoms with van der Waals surface area (Å²) in [5, 5.41) is 6.80. The Morgan fingerprint density at radius 1 is 1.67 bits per heavy atom. The lowest BCUT2D eigenvalue weighted by Crippen LogP contribution is -2.12. The van der Waals surface area contributed by atoms with Crippen LogP contribution >= 0.6 is 0 Å². The number of carbonyl (C=O) groups excluding carboxylic acids is 1. The molecule has 1 fully saturated rings. The summed E-state index contributed by atoms with van der Waals surface area (Å²) < 4.78 is 5.17. The number of aromatic amines is 1. The van der Waals surface area contributed by atoms with Gasteiger partial charge >= 0.3 is 5.97 Å². The Bertz CT molecular complexity index is 361.